The Balaban J connectivity index is 2.00. The molecule has 1 atom stereocenters. The Hall–Kier alpha value is -3.02. The molecule has 2 amide bonds. The lowest BCUT2D eigenvalue weighted by Gasteiger charge is -2.17. The summed E-state index contributed by atoms with van der Waals surface area (Å²) in [7, 11) is 4.92. The van der Waals surface area contributed by atoms with Crippen molar-refractivity contribution >= 4 is 17.5 Å². The highest BCUT2D eigenvalue weighted by Crippen LogP contribution is 2.27. The molecule has 0 spiro atoms. The number of carbonyl (C=O) groups is 2. The topological polar surface area (TPSA) is 67.9 Å². The molecule has 0 fully saturated rings. The molecule has 0 radical (unpaired) electrons. The summed E-state index contributed by atoms with van der Waals surface area (Å²) in [6.45, 7) is 1.66. The number of benzene rings is 2. The van der Waals surface area contributed by atoms with Crippen LogP contribution in [0.2, 0.25) is 0 Å². The second-order valence-corrected chi connectivity index (χ2v) is 5.68. The van der Waals surface area contributed by atoms with E-state index in [-0.39, 0.29) is 11.8 Å². The third-order valence-corrected chi connectivity index (χ3v) is 3.55. The molecular weight excluding hydrogens is 320 g/mol. The molecule has 6 nitrogen and oxygen atoms in total. The number of para-hydroxylation sites is 2. The van der Waals surface area contributed by atoms with Crippen LogP contribution in [0.15, 0.2) is 48.5 Å². The molecular formula is C19H22N2O4. The standard InChI is InChI=1S/C19H22N2O4/c1-13(25-17-8-6-5-7-16(17)24-4)18(22)20-15-11-9-14(10-12-15)19(23)21(2)3/h5-13H,1-4H3,(H,20,22). The van der Waals surface area contributed by atoms with E-state index in [4.69, 9.17) is 9.47 Å². The lowest BCUT2D eigenvalue weighted by molar-refractivity contribution is -0.122. The van der Waals surface area contributed by atoms with Gasteiger partial charge in [0, 0.05) is 25.3 Å². The van der Waals surface area contributed by atoms with E-state index in [2.05, 4.69) is 5.32 Å². The van der Waals surface area contributed by atoms with E-state index >= 15 is 0 Å². The zero-order chi connectivity index (χ0) is 18.4. The number of rotatable bonds is 6. The van der Waals surface area contributed by atoms with Crippen LogP contribution in [0.1, 0.15) is 17.3 Å². The summed E-state index contributed by atoms with van der Waals surface area (Å²) in [5, 5.41) is 2.77. The van der Waals surface area contributed by atoms with Crippen LogP contribution in [0.5, 0.6) is 11.5 Å². The van der Waals surface area contributed by atoms with Crippen molar-refractivity contribution in [3.05, 3.63) is 54.1 Å². The summed E-state index contributed by atoms with van der Waals surface area (Å²) in [6.07, 6.45) is -0.709. The van der Waals surface area contributed by atoms with Crippen molar-refractivity contribution in [3.8, 4) is 11.5 Å². The molecule has 0 aliphatic carbocycles. The number of hydrogen-bond donors (Lipinski definition) is 1. The van der Waals surface area contributed by atoms with Gasteiger partial charge in [-0.2, -0.15) is 0 Å². The van der Waals surface area contributed by atoms with Gasteiger partial charge in [0.15, 0.2) is 17.6 Å². The second kappa shape index (κ2) is 8.19. The van der Waals surface area contributed by atoms with Gasteiger partial charge in [-0.1, -0.05) is 12.1 Å². The van der Waals surface area contributed by atoms with E-state index in [0.717, 1.165) is 0 Å². The van der Waals surface area contributed by atoms with Crippen molar-refractivity contribution in [2.75, 3.05) is 26.5 Å². The van der Waals surface area contributed by atoms with Crippen LogP contribution in [0, 0.1) is 0 Å². The average molecular weight is 342 g/mol. The number of anilines is 1. The summed E-state index contributed by atoms with van der Waals surface area (Å²) < 4.78 is 10.9. The van der Waals surface area contributed by atoms with Crippen LogP contribution in [0.4, 0.5) is 5.69 Å². The van der Waals surface area contributed by atoms with Gasteiger partial charge in [0.1, 0.15) is 0 Å². The van der Waals surface area contributed by atoms with Crippen LogP contribution < -0.4 is 14.8 Å². The van der Waals surface area contributed by atoms with E-state index in [1.807, 2.05) is 12.1 Å². The van der Waals surface area contributed by atoms with E-state index < -0.39 is 6.10 Å². The number of methoxy groups -OCH3 is 1. The van der Waals surface area contributed by atoms with Gasteiger partial charge in [-0.25, -0.2) is 0 Å². The molecule has 1 N–H and O–H groups in total. The van der Waals surface area contributed by atoms with Crippen LogP contribution >= 0.6 is 0 Å². The first-order valence-corrected chi connectivity index (χ1v) is 7.84. The number of amides is 2. The lowest BCUT2D eigenvalue weighted by Crippen LogP contribution is -2.30. The molecule has 132 valence electrons. The fourth-order valence-corrected chi connectivity index (χ4v) is 2.16. The molecule has 0 aromatic heterocycles. The summed E-state index contributed by atoms with van der Waals surface area (Å²) in [4.78, 5) is 25.6. The van der Waals surface area contributed by atoms with E-state index in [9.17, 15) is 9.59 Å². The largest absolute Gasteiger partial charge is 0.493 e. The van der Waals surface area contributed by atoms with Crippen LogP contribution in [-0.2, 0) is 4.79 Å². The van der Waals surface area contributed by atoms with Crippen LogP contribution in [0.3, 0.4) is 0 Å². The molecule has 1 unspecified atom stereocenters. The van der Waals surface area contributed by atoms with Crippen molar-refractivity contribution in [1.29, 1.82) is 0 Å². The highest BCUT2D eigenvalue weighted by Gasteiger charge is 2.17. The van der Waals surface area contributed by atoms with E-state index in [1.54, 1.807) is 64.5 Å². The van der Waals surface area contributed by atoms with Crippen molar-refractivity contribution < 1.29 is 19.1 Å². The van der Waals surface area contributed by atoms with Gasteiger partial charge in [-0.15, -0.1) is 0 Å². The number of carbonyl (C=O) groups excluding carboxylic acids is 2. The Labute approximate surface area is 147 Å². The first-order chi connectivity index (χ1) is 11.9. The fraction of sp³-hybridized carbons (Fsp3) is 0.263. The number of nitrogens with one attached hydrogen (secondary N) is 1. The van der Waals surface area contributed by atoms with Crippen molar-refractivity contribution in [1.82, 2.24) is 4.90 Å². The maximum atomic E-state index is 12.3. The Morgan fingerprint density at radius 3 is 2.16 bits per heavy atom. The number of ether oxygens (including phenoxy) is 2. The molecule has 2 aromatic carbocycles. The molecule has 2 aromatic rings. The lowest BCUT2D eigenvalue weighted by atomic mass is 10.2. The van der Waals surface area contributed by atoms with Gasteiger partial charge in [-0.05, 0) is 43.3 Å². The maximum Gasteiger partial charge on any atom is 0.265 e. The molecule has 0 heterocycles. The smallest absolute Gasteiger partial charge is 0.265 e. The first-order valence-electron chi connectivity index (χ1n) is 7.84. The van der Waals surface area contributed by atoms with Crippen LogP contribution in [-0.4, -0.2) is 44.0 Å². The zero-order valence-electron chi connectivity index (χ0n) is 14.8. The Morgan fingerprint density at radius 1 is 1.00 bits per heavy atom. The van der Waals surface area contributed by atoms with Gasteiger partial charge in [0.2, 0.25) is 0 Å². The minimum Gasteiger partial charge on any atom is -0.493 e. The predicted octanol–water partition coefficient (Wildman–Crippen LogP) is 2.80. The molecule has 25 heavy (non-hydrogen) atoms. The average Bonchev–Trinajstić information content (AvgIpc) is 2.62. The zero-order valence-corrected chi connectivity index (χ0v) is 14.8. The van der Waals surface area contributed by atoms with Gasteiger partial charge < -0.3 is 19.7 Å². The highest BCUT2D eigenvalue weighted by molar-refractivity contribution is 5.96. The molecule has 0 aliphatic rings. The molecule has 0 saturated carbocycles. The van der Waals surface area contributed by atoms with Crippen molar-refractivity contribution in [2.45, 2.75) is 13.0 Å². The van der Waals surface area contributed by atoms with Crippen molar-refractivity contribution in [3.63, 3.8) is 0 Å². The Kier molecular flexibility index (Phi) is 6.00. The Bertz CT molecular complexity index is 741. The third-order valence-electron chi connectivity index (χ3n) is 3.55. The number of hydrogen-bond acceptors (Lipinski definition) is 4. The summed E-state index contributed by atoms with van der Waals surface area (Å²) in [5.41, 5.74) is 1.15. The molecule has 2 rings (SSSR count). The second-order valence-electron chi connectivity index (χ2n) is 5.68. The SMILES string of the molecule is COc1ccccc1OC(C)C(=O)Nc1ccc(C(=O)N(C)C)cc1. The van der Waals surface area contributed by atoms with E-state index in [1.165, 1.54) is 4.90 Å². The first kappa shape index (κ1) is 18.3. The number of nitrogens with zero attached hydrogens (tertiary/aromatic N) is 1. The summed E-state index contributed by atoms with van der Waals surface area (Å²) in [6, 6.07) is 13.9. The molecule has 6 heteroatoms. The monoisotopic (exact) mass is 342 g/mol. The molecule has 0 bridgehead atoms. The summed E-state index contributed by atoms with van der Waals surface area (Å²) in [5.74, 6) is 0.677. The van der Waals surface area contributed by atoms with Gasteiger partial charge in [0.25, 0.3) is 11.8 Å². The van der Waals surface area contributed by atoms with Crippen LogP contribution in [0.25, 0.3) is 0 Å². The van der Waals surface area contributed by atoms with Crippen molar-refractivity contribution in [2.24, 2.45) is 0 Å². The maximum absolute atomic E-state index is 12.3. The fourth-order valence-electron chi connectivity index (χ4n) is 2.16. The minimum atomic E-state index is -0.709. The van der Waals surface area contributed by atoms with Gasteiger partial charge in [0.05, 0.1) is 7.11 Å². The Morgan fingerprint density at radius 2 is 1.60 bits per heavy atom. The van der Waals surface area contributed by atoms with Gasteiger partial charge >= 0.3 is 0 Å². The quantitative estimate of drug-likeness (QED) is 0.876. The molecule has 0 saturated heterocycles. The normalized spacial score (nSPS) is 11.4. The van der Waals surface area contributed by atoms with E-state index in [0.29, 0.717) is 22.7 Å². The third kappa shape index (κ3) is 4.73. The molecule has 0 aliphatic heterocycles. The van der Waals surface area contributed by atoms with Gasteiger partial charge in [-0.3, -0.25) is 9.59 Å². The minimum absolute atomic E-state index is 0.0919. The highest BCUT2D eigenvalue weighted by atomic mass is 16.5. The predicted molar refractivity (Wildman–Crippen MR) is 96.2 cm³/mol. The summed E-state index contributed by atoms with van der Waals surface area (Å²) >= 11 is 0.